The average molecular weight is 542 g/mol. The summed E-state index contributed by atoms with van der Waals surface area (Å²) in [5, 5.41) is 3.21. The number of carbonyl (C=O) groups is 2. The summed E-state index contributed by atoms with van der Waals surface area (Å²) in [5.74, 6) is -0.838. The minimum absolute atomic E-state index is 0.103. The zero-order valence-corrected chi connectivity index (χ0v) is 23.0. The van der Waals surface area contributed by atoms with Gasteiger partial charge in [-0.3, -0.25) is 13.9 Å². The van der Waals surface area contributed by atoms with E-state index in [1.807, 2.05) is 49.4 Å². The highest BCUT2D eigenvalue weighted by molar-refractivity contribution is 7.92. The molecule has 0 aliphatic carbocycles. The molecular weight excluding hydrogens is 510 g/mol. The van der Waals surface area contributed by atoms with Gasteiger partial charge in [-0.05, 0) is 54.3 Å². The second kappa shape index (κ2) is 12.3. The molecular formula is C28H32ClN3O4S. The molecule has 0 fully saturated rings. The van der Waals surface area contributed by atoms with Gasteiger partial charge in [0.15, 0.2) is 0 Å². The van der Waals surface area contributed by atoms with Crippen LogP contribution >= 0.6 is 11.6 Å². The van der Waals surface area contributed by atoms with E-state index in [0.29, 0.717) is 10.7 Å². The molecule has 2 amide bonds. The van der Waals surface area contributed by atoms with E-state index in [4.69, 9.17) is 11.6 Å². The van der Waals surface area contributed by atoms with Crippen LogP contribution in [-0.4, -0.2) is 51.0 Å². The van der Waals surface area contributed by atoms with Crippen molar-refractivity contribution in [3.63, 3.8) is 0 Å². The number of anilines is 1. The average Bonchev–Trinajstić information content (AvgIpc) is 2.86. The molecule has 3 aromatic carbocycles. The normalized spacial score (nSPS) is 12.0. The zero-order chi connectivity index (χ0) is 27.2. The van der Waals surface area contributed by atoms with Crippen LogP contribution in [0.2, 0.25) is 5.02 Å². The van der Waals surface area contributed by atoms with Crippen LogP contribution in [0.15, 0.2) is 72.8 Å². The summed E-state index contributed by atoms with van der Waals surface area (Å²) in [5.41, 5.74) is 3.66. The van der Waals surface area contributed by atoms with Crippen molar-refractivity contribution in [2.24, 2.45) is 0 Å². The number of sulfonamides is 1. The molecule has 0 spiro atoms. The number of aryl methyl sites for hydroxylation is 2. The summed E-state index contributed by atoms with van der Waals surface area (Å²) < 4.78 is 26.8. The number of hydrogen-bond donors (Lipinski definition) is 1. The first-order chi connectivity index (χ1) is 17.5. The van der Waals surface area contributed by atoms with Crippen LogP contribution < -0.4 is 9.62 Å². The first kappa shape index (κ1) is 28.2. The molecule has 9 heteroatoms. The number of hydrogen-bond acceptors (Lipinski definition) is 4. The maximum atomic E-state index is 13.9. The topological polar surface area (TPSA) is 86.8 Å². The summed E-state index contributed by atoms with van der Waals surface area (Å²) in [6.07, 6.45) is 1.34. The Morgan fingerprint density at radius 2 is 1.59 bits per heavy atom. The van der Waals surface area contributed by atoms with E-state index in [1.165, 1.54) is 11.9 Å². The molecule has 196 valence electrons. The fourth-order valence-electron chi connectivity index (χ4n) is 4.09. The fraction of sp³-hybridized carbons (Fsp3) is 0.286. The van der Waals surface area contributed by atoms with Gasteiger partial charge >= 0.3 is 0 Å². The molecule has 0 heterocycles. The Morgan fingerprint density at radius 1 is 0.946 bits per heavy atom. The van der Waals surface area contributed by atoms with Gasteiger partial charge in [-0.25, -0.2) is 8.42 Å². The molecule has 0 unspecified atom stereocenters. The van der Waals surface area contributed by atoms with Crippen LogP contribution in [0.5, 0.6) is 0 Å². The molecule has 0 radical (unpaired) electrons. The lowest BCUT2D eigenvalue weighted by Crippen LogP contribution is -2.53. The standard InChI is InChI=1S/C28H32ClN3O4S/c1-20-10-11-21(2)25(16-20)32(37(4,35)36)19-27(33)31(18-23-12-14-24(29)15-13-23)26(28(34)30-3)17-22-8-6-5-7-9-22/h5-16,26H,17-19H2,1-4H3,(H,30,34)/t26-/m1/s1. The van der Waals surface area contributed by atoms with E-state index in [9.17, 15) is 18.0 Å². The molecule has 7 nitrogen and oxygen atoms in total. The van der Waals surface area contributed by atoms with E-state index >= 15 is 0 Å². The van der Waals surface area contributed by atoms with E-state index < -0.39 is 28.5 Å². The van der Waals surface area contributed by atoms with Gasteiger partial charge in [-0.1, -0.05) is 66.2 Å². The molecule has 0 aliphatic heterocycles. The Morgan fingerprint density at radius 3 is 2.19 bits per heavy atom. The minimum Gasteiger partial charge on any atom is -0.357 e. The minimum atomic E-state index is -3.81. The Balaban J connectivity index is 2.04. The molecule has 0 saturated heterocycles. The molecule has 1 N–H and O–H groups in total. The van der Waals surface area contributed by atoms with Gasteiger partial charge < -0.3 is 10.2 Å². The highest BCUT2D eigenvalue weighted by atomic mass is 35.5. The number of rotatable bonds is 10. The van der Waals surface area contributed by atoms with E-state index in [1.54, 1.807) is 37.3 Å². The van der Waals surface area contributed by atoms with Gasteiger partial charge in [0.2, 0.25) is 21.8 Å². The van der Waals surface area contributed by atoms with Crippen LogP contribution in [0.25, 0.3) is 0 Å². The summed E-state index contributed by atoms with van der Waals surface area (Å²) in [6, 6.07) is 21.0. The number of amides is 2. The lowest BCUT2D eigenvalue weighted by atomic mass is 10.0. The van der Waals surface area contributed by atoms with Crippen molar-refractivity contribution in [3.05, 3.63) is 100 Å². The lowest BCUT2D eigenvalue weighted by molar-refractivity contribution is -0.139. The van der Waals surface area contributed by atoms with E-state index in [2.05, 4.69) is 5.32 Å². The lowest BCUT2D eigenvalue weighted by Gasteiger charge is -2.33. The molecule has 0 aromatic heterocycles. The Labute approximate surface area is 224 Å². The van der Waals surface area contributed by atoms with Gasteiger partial charge in [-0.15, -0.1) is 0 Å². The van der Waals surface area contributed by atoms with Crippen LogP contribution in [-0.2, 0) is 32.6 Å². The third-order valence-corrected chi connectivity index (χ3v) is 7.47. The van der Waals surface area contributed by atoms with Gasteiger partial charge in [0.25, 0.3) is 0 Å². The molecule has 3 rings (SSSR count). The van der Waals surface area contributed by atoms with Gasteiger partial charge in [-0.2, -0.15) is 0 Å². The molecule has 1 atom stereocenters. The summed E-state index contributed by atoms with van der Waals surface area (Å²) in [7, 11) is -2.29. The Hall–Kier alpha value is -3.36. The van der Waals surface area contributed by atoms with Crippen LogP contribution in [0, 0.1) is 13.8 Å². The number of halogens is 1. The number of nitrogens with zero attached hydrogens (tertiary/aromatic N) is 2. The predicted molar refractivity (Wildman–Crippen MR) is 148 cm³/mol. The largest absolute Gasteiger partial charge is 0.357 e. The van der Waals surface area contributed by atoms with Crippen LogP contribution in [0.1, 0.15) is 22.3 Å². The first-order valence-corrected chi connectivity index (χ1v) is 14.1. The highest BCUT2D eigenvalue weighted by Crippen LogP contribution is 2.25. The maximum absolute atomic E-state index is 13.9. The molecule has 37 heavy (non-hydrogen) atoms. The quantitative estimate of drug-likeness (QED) is 0.418. The second-order valence-electron chi connectivity index (χ2n) is 9.03. The van der Waals surface area contributed by atoms with Gasteiger partial charge in [0.1, 0.15) is 12.6 Å². The molecule has 0 aliphatic rings. The smallest absolute Gasteiger partial charge is 0.244 e. The summed E-state index contributed by atoms with van der Waals surface area (Å²) >= 11 is 6.05. The monoisotopic (exact) mass is 541 g/mol. The molecule has 0 bridgehead atoms. The SMILES string of the molecule is CNC(=O)[C@@H](Cc1ccccc1)N(Cc1ccc(Cl)cc1)C(=O)CN(c1cc(C)ccc1C)S(C)(=O)=O. The van der Waals surface area contributed by atoms with Crippen molar-refractivity contribution in [1.29, 1.82) is 0 Å². The van der Waals surface area contributed by atoms with Crippen molar-refractivity contribution >= 4 is 39.1 Å². The fourth-order valence-corrected chi connectivity index (χ4v) is 5.11. The molecule has 3 aromatic rings. The van der Waals surface area contributed by atoms with Crippen molar-refractivity contribution in [2.45, 2.75) is 32.9 Å². The third kappa shape index (κ3) is 7.57. The van der Waals surface area contributed by atoms with Crippen molar-refractivity contribution in [1.82, 2.24) is 10.2 Å². The molecule has 0 saturated carbocycles. The van der Waals surface area contributed by atoms with Gasteiger partial charge in [0, 0.05) is 25.0 Å². The van der Waals surface area contributed by atoms with Crippen molar-refractivity contribution in [3.8, 4) is 0 Å². The van der Waals surface area contributed by atoms with Crippen molar-refractivity contribution < 1.29 is 18.0 Å². The van der Waals surface area contributed by atoms with E-state index in [0.717, 1.165) is 32.8 Å². The highest BCUT2D eigenvalue weighted by Gasteiger charge is 2.33. The van der Waals surface area contributed by atoms with Crippen LogP contribution in [0.3, 0.4) is 0 Å². The van der Waals surface area contributed by atoms with Gasteiger partial charge in [0.05, 0.1) is 11.9 Å². The Kier molecular flexibility index (Phi) is 9.34. The summed E-state index contributed by atoms with van der Waals surface area (Å²) in [4.78, 5) is 28.4. The number of likely N-dealkylation sites (N-methyl/N-ethyl adjacent to an activating group) is 1. The number of nitrogens with one attached hydrogen (secondary N) is 1. The Bertz CT molecular complexity index is 1350. The second-order valence-corrected chi connectivity index (χ2v) is 11.4. The van der Waals surface area contributed by atoms with Crippen molar-refractivity contribution in [2.75, 3.05) is 24.2 Å². The third-order valence-electron chi connectivity index (χ3n) is 6.10. The predicted octanol–water partition coefficient (Wildman–Crippen LogP) is 4.11. The van der Waals surface area contributed by atoms with E-state index in [-0.39, 0.29) is 18.9 Å². The number of benzene rings is 3. The number of carbonyl (C=O) groups excluding carboxylic acids is 2. The zero-order valence-electron chi connectivity index (χ0n) is 21.4. The summed E-state index contributed by atoms with van der Waals surface area (Å²) in [6.45, 7) is 3.31. The first-order valence-electron chi connectivity index (χ1n) is 11.8. The van der Waals surface area contributed by atoms with Crippen LogP contribution in [0.4, 0.5) is 5.69 Å². The maximum Gasteiger partial charge on any atom is 0.244 e.